The molecule has 1 heterocycles. The van der Waals surface area contributed by atoms with E-state index >= 15 is 0 Å². The lowest BCUT2D eigenvalue weighted by Gasteiger charge is -2.37. The fourth-order valence-electron chi connectivity index (χ4n) is 2.27. The Bertz CT molecular complexity index is 333. The van der Waals surface area contributed by atoms with Crippen LogP contribution < -0.4 is 5.73 Å². The van der Waals surface area contributed by atoms with Crippen molar-refractivity contribution in [3.8, 4) is 0 Å². The van der Waals surface area contributed by atoms with Gasteiger partial charge in [-0.3, -0.25) is 4.68 Å². The van der Waals surface area contributed by atoms with Crippen LogP contribution in [-0.4, -0.2) is 33.2 Å². The molecule has 0 radical (unpaired) electrons. The molecule has 1 unspecified atom stereocenters. The molecule has 1 aromatic heterocycles. The Morgan fingerprint density at radius 2 is 2.06 bits per heavy atom. The molecule has 17 heavy (non-hydrogen) atoms. The molecule has 0 bridgehead atoms. The molecular weight excluding hydrogens is 216 g/mol. The highest BCUT2D eigenvalue weighted by atomic mass is 16.5. The Labute approximate surface area is 103 Å². The van der Waals surface area contributed by atoms with E-state index in [9.17, 15) is 0 Å². The number of aromatic nitrogens is 3. The lowest BCUT2D eigenvalue weighted by Crippen LogP contribution is -2.50. The molecule has 0 fully saturated rings. The highest BCUT2D eigenvalue weighted by Crippen LogP contribution is 2.25. The minimum Gasteiger partial charge on any atom is -0.374 e. The zero-order valence-corrected chi connectivity index (χ0v) is 11.3. The van der Waals surface area contributed by atoms with Crippen LogP contribution in [0.15, 0.2) is 6.20 Å². The van der Waals surface area contributed by atoms with Crippen LogP contribution in [0, 0.1) is 0 Å². The number of rotatable bonds is 7. The third-order valence-corrected chi connectivity index (χ3v) is 3.38. The summed E-state index contributed by atoms with van der Waals surface area (Å²) in [7, 11) is 1.86. The molecule has 5 nitrogen and oxygen atoms in total. The second kappa shape index (κ2) is 6.12. The topological polar surface area (TPSA) is 66.0 Å². The normalized spacial score (nSPS) is 13.9. The molecule has 1 rings (SSSR count). The standard InChI is InChI=1S/C12H24N4O/c1-5-12(6-2,17-7-3)11(13)8-10-9-16(4)15-14-10/h9,11H,5-8,13H2,1-4H3. The number of ether oxygens (including phenoxy) is 1. The fraction of sp³-hybridized carbons (Fsp3) is 0.833. The quantitative estimate of drug-likeness (QED) is 0.779. The molecule has 0 amide bonds. The van der Waals surface area contributed by atoms with Crippen molar-refractivity contribution in [1.82, 2.24) is 15.0 Å². The average Bonchev–Trinajstić information content (AvgIpc) is 2.71. The summed E-state index contributed by atoms with van der Waals surface area (Å²) < 4.78 is 7.59. The molecule has 0 aliphatic heterocycles. The highest BCUT2D eigenvalue weighted by molar-refractivity contribution is 5.01. The second-order valence-corrected chi connectivity index (χ2v) is 4.40. The highest BCUT2D eigenvalue weighted by Gasteiger charge is 2.34. The first-order valence-electron chi connectivity index (χ1n) is 6.32. The van der Waals surface area contributed by atoms with Gasteiger partial charge in [0.05, 0.1) is 11.3 Å². The van der Waals surface area contributed by atoms with Gasteiger partial charge in [-0.15, -0.1) is 5.10 Å². The van der Waals surface area contributed by atoms with Crippen LogP contribution in [0.1, 0.15) is 39.3 Å². The first kappa shape index (κ1) is 14.1. The van der Waals surface area contributed by atoms with E-state index in [4.69, 9.17) is 10.5 Å². The van der Waals surface area contributed by atoms with Gasteiger partial charge in [-0.25, -0.2) is 0 Å². The van der Waals surface area contributed by atoms with Crippen molar-refractivity contribution in [3.63, 3.8) is 0 Å². The van der Waals surface area contributed by atoms with E-state index in [1.54, 1.807) is 4.68 Å². The summed E-state index contributed by atoms with van der Waals surface area (Å²) in [6.07, 6.45) is 4.44. The summed E-state index contributed by atoms with van der Waals surface area (Å²) in [5, 5.41) is 8.00. The predicted octanol–water partition coefficient (Wildman–Crippen LogP) is 1.28. The van der Waals surface area contributed by atoms with E-state index in [-0.39, 0.29) is 11.6 Å². The van der Waals surface area contributed by atoms with Crippen molar-refractivity contribution in [2.45, 2.75) is 51.7 Å². The van der Waals surface area contributed by atoms with Crippen molar-refractivity contribution in [2.24, 2.45) is 12.8 Å². The maximum Gasteiger partial charge on any atom is 0.0843 e. The molecular formula is C12H24N4O. The van der Waals surface area contributed by atoms with Crippen LogP contribution in [-0.2, 0) is 18.2 Å². The Hall–Kier alpha value is -0.940. The summed E-state index contributed by atoms with van der Waals surface area (Å²) in [6, 6.07) is -0.0471. The van der Waals surface area contributed by atoms with Gasteiger partial charge in [0.1, 0.15) is 0 Å². The molecule has 0 saturated carbocycles. The van der Waals surface area contributed by atoms with Gasteiger partial charge in [0.25, 0.3) is 0 Å². The van der Waals surface area contributed by atoms with Gasteiger partial charge in [0.2, 0.25) is 0 Å². The van der Waals surface area contributed by atoms with Crippen molar-refractivity contribution in [2.75, 3.05) is 6.61 Å². The zero-order chi connectivity index (χ0) is 12.9. The average molecular weight is 240 g/mol. The number of nitrogens with zero attached hydrogens (tertiary/aromatic N) is 3. The van der Waals surface area contributed by atoms with Gasteiger partial charge in [-0.1, -0.05) is 19.1 Å². The van der Waals surface area contributed by atoms with E-state index in [1.165, 1.54) is 0 Å². The van der Waals surface area contributed by atoms with E-state index in [2.05, 4.69) is 24.2 Å². The van der Waals surface area contributed by atoms with Gasteiger partial charge in [0, 0.05) is 32.3 Å². The molecule has 5 heteroatoms. The summed E-state index contributed by atoms with van der Waals surface area (Å²) in [4.78, 5) is 0. The largest absolute Gasteiger partial charge is 0.374 e. The zero-order valence-electron chi connectivity index (χ0n) is 11.3. The van der Waals surface area contributed by atoms with E-state index < -0.39 is 0 Å². The third kappa shape index (κ3) is 3.26. The van der Waals surface area contributed by atoms with E-state index in [1.807, 2.05) is 20.2 Å². The van der Waals surface area contributed by atoms with E-state index in [0.717, 1.165) is 18.5 Å². The number of hydrogen-bond donors (Lipinski definition) is 1. The molecule has 98 valence electrons. The molecule has 0 aliphatic carbocycles. The Morgan fingerprint density at radius 3 is 2.47 bits per heavy atom. The van der Waals surface area contributed by atoms with Crippen molar-refractivity contribution >= 4 is 0 Å². The summed E-state index contributed by atoms with van der Waals surface area (Å²) in [5.74, 6) is 0. The first-order chi connectivity index (χ1) is 8.07. The number of aryl methyl sites for hydroxylation is 1. The van der Waals surface area contributed by atoms with Gasteiger partial charge < -0.3 is 10.5 Å². The fourth-order valence-corrected chi connectivity index (χ4v) is 2.27. The van der Waals surface area contributed by atoms with Gasteiger partial charge in [-0.2, -0.15) is 0 Å². The Kier molecular flexibility index (Phi) is 5.08. The van der Waals surface area contributed by atoms with Gasteiger partial charge in [-0.05, 0) is 19.8 Å². The first-order valence-corrected chi connectivity index (χ1v) is 6.32. The van der Waals surface area contributed by atoms with Crippen LogP contribution in [0.4, 0.5) is 0 Å². The van der Waals surface area contributed by atoms with Crippen molar-refractivity contribution in [3.05, 3.63) is 11.9 Å². The minimum absolute atomic E-state index is 0.0471. The van der Waals surface area contributed by atoms with E-state index in [0.29, 0.717) is 13.0 Å². The van der Waals surface area contributed by atoms with Gasteiger partial charge in [0.15, 0.2) is 0 Å². The molecule has 0 saturated heterocycles. The summed E-state index contributed by atoms with van der Waals surface area (Å²) in [6.45, 7) is 6.94. The summed E-state index contributed by atoms with van der Waals surface area (Å²) >= 11 is 0. The summed E-state index contributed by atoms with van der Waals surface area (Å²) in [5.41, 5.74) is 6.98. The molecule has 2 N–H and O–H groups in total. The third-order valence-electron chi connectivity index (χ3n) is 3.38. The van der Waals surface area contributed by atoms with Crippen LogP contribution in [0.25, 0.3) is 0 Å². The molecule has 0 aromatic carbocycles. The SMILES string of the molecule is CCOC(CC)(CC)C(N)Cc1cn(C)nn1. The van der Waals surface area contributed by atoms with Crippen molar-refractivity contribution < 1.29 is 4.74 Å². The Balaban J connectivity index is 2.74. The van der Waals surface area contributed by atoms with Crippen molar-refractivity contribution in [1.29, 1.82) is 0 Å². The molecule has 0 spiro atoms. The second-order valence-electron chi connectivity index (χ2n) is 4.40. The lowest BCUT2D eigenvalue weighted by atomic mass is 9.86. The molecule has 0 aliphatic rings. The smallest absolute Gasteiger partial charge is 0.0843 e. The van der Waals surface area contributed by atoms with Gasteiger partial charge >= 0.3 is 0 Å². The number of hydrogen-bond acceptors (Lipinski definition) is 4. The van der Waals surface area contributed by atoms with Crippen LogP contribution >= 0.6 is 0 Å². The maximum absolute atomic E-state index is 6.30. The number of nitrogens with two attached hydrogens (primary N) is 1. The van der Waals surface area contributed by atoms with Crippen LogP contribution in [0.2, 0.25) is 0 Å². The van der Waals surface area contributed by atoms with Crippen LogP contribution in [0.5, 0.6) is 0 Å². The van der Waals surface area contributed by atoms with Crippen LogP contribution in [0.3, 0.4) is 0 Å². The molecule has 1 atom stereocenters. The monoisotopic (exact) mass is 240 g/mol. The lowest BCUT2D eigenvalue weighted by molar-refractivity contribution is -0.0635. The molecule has 1 aromatic rings. The maximum atomic E-state index is 6.30. The predicted molar refractivity (Wildman–Crippen MR) is 67.6 cm³/mol. The Morgan fingerprint density at radius 1 is 1.41 bits per heavy atom. The minimum atomic E-state index is -0.244.